The van der Waals surface area contributed by atoms with Crippen molar-refractivity contribution in [2.24, 2.45) is 0 Å². The average Bonchev–Trinajstić information content (AvgIpc) is 1.64. The second-order valence-electron chi connectivity index (χ2n) is 23.4. The summed E-state index contributed by atoms with van der Waals surface area (Å²) in [7, 11) is 0. The Kier molecular flexibility index (Phi) is 21.0. The third-order valence-corrected chi connectivity index (χ3v) is 15.9. The number of aromatic nitrogens is 5. The van der Waals surface area contributed by atoms with Crippen LogP contribution in [-0.4, -0.2) is 93.9 Å². The van der Waals surface area contributed by atoms with Crippen LogP contribution in [-0.2, 0) is 38.4 Å². The summed E-state index contributed by atoms with van der Waals surface area (Å²) in [6, 6.07) is 59.5. The fraction of sp³-hybridized carbons (Fsp3) is 0.195. The van der Waals surface area contributed by atoms with Crippen molar-refractivity contribution in [3.63, 3.8) is 0 Å². The third-order valence-electron chi connectivity index (χ3n) is 15.9. The lowest BCUT2D eigenvalue weighted by atomic mass is 10.0. The maximum absolute atomic E-state index is 12.5. The zero-order chi connectivity index (χ0) is 67.6. The van der Waals surface area contributed by atoms with Gasteiger partial charge in [-0.3, -0.25) is 29.5 Å². The molecule has 3 aliphatic heterocycles. The number of hydrogen-bond acceptors (Lipinski definition) is 16. The quantitative estimate of drug-likeness (QED) is 0.0466. The summed E-state index contributed by atoms with van der Waals surface area (Å²) >= 11 is 0. The smallest absolute Gasteiger partial charge is 0.264 e. The van der Waals surface area contributed by atoms with Gasteiger partial charge in [0.2, 0.25) is 24.5 Å². The van der Waals surface area contributed by atoms with Gasteiger partial charge in [0.1, 0.15) is 17.1 Å². The molecule has 0 radical (unpaired) electrons. The topological polar surface area (TPSA) is 260 Å². The molecule has 0 aliphatic carbocycles. The highest BCUT2D eigenvalue weighted by molar-refractivity contribution is 6.04. The van der Waals surface area contributed by atoms with Crippen LogP contribution in [0.3, 0.4) is 0 Å². The first kappa shape index (κ1) is 65.8. The highest BCUT2D eigenvalue weighted by Gasteiger charge is 2.32. The molecular formula is C77H72N10O11. The Balaban J connectivity index is 0.000000125. The summed E-state index contributed by atoms with van der Waals surface area (Å²) in [6.07, 6.45) is 10.6. The summed E-state index contributed by atoms with van der Waals surface area (Å²) in [5.41, 5.74) is 8.64. The lowest BCUT2D eigenvalue weighted by molar-refractivity contribution is -0.118. The van der Waals surface area contributed by atoms with Crippen molar-refractivity contribution >= 4 is 95.8 Å². The van der Waals surface area contributed by atoms with Crippen molar-refractivity contribution in [1.82, 2.24) is 24.9 Å². The molecule has 12 aromatic rings. The number of H-pyrrole nitrogens is 1. The number of aryl methyl sites for hydroxylation is 2. The molecule has 496 valence electrons. The number of pyridine rings is 2. The molecule has 4 amide bonds. The molecular weight excluding hydrogens is 1240 g/mol. The monoisotopic (exact) mass is 1310 g/mol. The number of amides is 4. The first-order chi connectivity index (χ1) is 47.9. The van der Waals surface area contributed by atoms with Crippen LogP contribution in [0.4, 0.5) is 28.7 Å². The molecule has 0 atom stereocenters. The van der Waals surface area contributed by atoms with Gasteiger partial charge in [-0.1, -0.05) is 109 Å². The number of nitrogens with one attached hydrogen (secondary N) is 6. The van der Waals surface area contributed by atoms with E-state index in [-0.39, 0.29) is 61.8 Å². The zero-order valence-electron chi connectivity index (χ0n) is 54.3. The van der Waals surface area contributed by atoms with E-state index in [9.17, 15) is 19.2 Å². The van der Waals surface area contributed by atoms with Crippen molar-refractivity contribution in [2.75, 3.05) is 66.3 Å². The summed E-state index contributed by atoms with van der Waals surface area (Å²) < 4.78 is 39.4. The number of aromatic amines is 1. The van der Waals surface area contributed by atoms with Crippen LogP contribution in [0.1, 0.15) is 50.3 Å². The van der Waals surface area contributed by atoms with Gasteiger partial charge in [0.25, 0.3) is 17.7 Å². The predicted octanol–water partition coefficient (Wildman–Crippen LogP) is 14.1. The summed E-state index contributed by atoms with van der Waals surface area (Å²) in [6.45, 7) is 7.44. The van der Waals surface area contributed by atoms with Gasteiger partial charge < -0.3 is 59.4 Å². The van der Waals surface area contributed by atoms with Gasteiger partial charge >= 0.3 is 0 Å². The van der Waals surface area contributed by atoms with Crippen molar-refractivity contribution in [3.8, 4) is 40.4 Å². The van der Waals surface area contributed by atoms with E-state index < -0.39 is 0 Å². The molecule has 0 saturated heterocycles. The first-order valence-corrected chi connectivity index (χ1v) is 32.2. The number of ether oxygens (including phenoxy) is 7. The van der Waals surface area contributed by atoms with E-state index in [2.05, 4.69) is 57.6 Å². The highest BCUT2D eigenvalue weighted by atomic mass is 16.7. The van der Waals surface area contributed by atoms with E-state index in [0.717, 1.165) is 109 Å². The molecule has 4 aromatic heterocycles. The van der Waals surface area contributed by atoms with Crippen LogP contribution in [0, 0.1) is 0 Å². The van der Waals surface area contributed by atoms with E-state index >= 15 is 0 Å². The van der Waals surface area contributed by atoms with Gasteiger partial charge in [-0.15, -0.1) is 0 Å². The molecule has 3 aliphatic rings. The van der Waals surface area contributed by atoms with Gasteiger partial charge in [0, 0.05) is 88.6 Å². The first-order valence-electron chi connectivity index (χ1n) is 32.2. The number of benzene rings is 8. The minimum absolute atomic E-state index is 0.0342. The highest BCUT2D eigenvalue weighted by Crippen LogP contribution is 2.42. The maximum Gasteiger partial charge on any atom is 0.264 e. The molecule has 0 spiro atoms. The zero-order valence-corrected chi connectivity index (χ0v) is 54.3. The number of anilines is 5. The van der Waals surface area contributed by atoms with Crippen LogP contribution in [0.15, 0.2) is 213 Å². The van der Waals surface area contributed by atoms with Crippen LogP contribution in [0.2, 0.25) is 0 Å². The van der Waals surface area contributed by atoms with Gasteiger partial charge in [-0.05, 0) is 129 Å². The van der Waals surface area contributed by atoms with Crippen LogP contribution >= 0.6 is 0 Å². The Labute approximate surface area is 565 Å². The fourth-order valence-electron chi connectivity index (χ4n) is 11.5. The Morgan fingerprint density at radius 1 is 0.531 bits per heavy atom. The Morgan fingerprint density at radius 3 is 1.98 bits per heavy atom. The molecule has 21 nitrogen and oxygen atoms in total. The number of hydrogen-bond donors (Lipinski definition) is 6. The molecule has 0 saturated carbocycles. The molecule has 98 heavy (non-hydrogen) atoms. The number of fused-ring (bicyclic) bond motifs is 7. The van der Waals surface area contributed by atoms with Crippen LogP contribution in [0.5, 0.6) is 40.4 Å². The van der Waals surface area contributed by atoms with E-state index in [1.807, 2.05) is 203 Å². The molecule has 0 unspecified atom stereocenters. The van der Waals surface area contributed by atoms with Crippen LogP contribution < -0.4 is 59.7 Å². The fourth-order valence-corrected chi connectivity index (χ4v) is 11.5. The second kappa shape index (κ2) is 31.3. The minimum Gasteiger partial charge on any atom is -0.483 e. The number of para-hydroxylation sites is 5. The summed E-state index contributed by atoms with van der Waals surface area (Å²) in [5.74, 6) is 4.21. The normalized spacial score (nSPS) is 12.6. The van der Waals surface area contributed by atoms with Gasteiger partial charge in [-0.2, -0.15) is 0 Å². The molecule has 0 bridgehead atoms. The van der Waals surface area contributed by atoms with E-state index in [0.29, 0.717) is 53.8 Å². The average molecular weight is 1310 g/mol. The van der Waals surface area contributed by atoms with Crippen molar-refractivity contribution < 1.29 is 52.3 Å². The SMILES string of the molecule is CCOc1ccc2cccc(NC(=O)COc3cccc4c3OC(C)(C)C4)c2n1.O=C(CCc1cccc2c1OCO2)Nc1cccc2cccnc12.O=C(COc1cccc2[nH]ccc12)Nc1cccc2ccccc12.O=C(COc1cccc2c1NCCC2)Nc1ncccn1. The summed E-state index contributed by atoms with van der Waals surface area (Å²) in [4.78, 5) is 68.8. The Hall–Kier alpha value is -12.3. The maximum atomic E-state index is 12.5. The number of rotatable bonds is 18. The van der Waals surface area contributed by atoms with Crippen LogP contribution in [0.25, 0.3) is 43.5 Å². The Morgan fingerprint density at radius 2 is 1.16 bits per heavy atom. The minimum atomic E-state index is -0.283. The number of carbonyl (C=O) groups excluding carboxylic acids is 4. The van der Waals surface area contributed by atoms with E-state index in [4.69, 9.17) is 33.2 Å². The largest absolute Gasteiger partial charge is 0.483 e. The van der Waals surface area contributed by atoms with Crippen molar-refractivity contribution in [3.05, 3.63) is 230 Å². The Bertz CT molecular complexity index is 4810. The number of nitrogens with zero attached hydrogens (tertiary/aromatic N) is 4. The molecule has 8 aromatic carbocycles. The van der Waals surface area contributed by atoms with E-state index in [1.165, 1.54) is 5.56 Å². The van der Waals surface area contributed by atoms with Crippen molar-refractivity contribution in [2.45, 2.75) is 58.5 Å². The summed E-state index contributed by atoms with van der Waals surface area (Å²) in [5, 5.41) is 19.7. The third kappa shape index (κ3) is 16.8. The second-order valence-corrected chi connectivity index (χ2v) is 23.4. The molecule has 15 rings (SSSR count). The van der Waals surface area contributed by atoms with Gasteiger partial charge in [0.05, 0.1) is 34.7 Å². The molecule has 7 heterocycles. The molecule has 6 N–H and O–H groups in total. The molecule has 0 fully saturated rings. The lowest BCUT2D eigenvalue weighted by Crippen LogP contribution is -2.25. The standard InChI is InChI=1S/C23H24N2O4.C20H16N2O2.C19H16N2O3.C15H16N4O2/c1-4-27-20-12-11-15-7-5-9-17(21(15)25-20)24-19(26)14-28-18-10-6-8-16-13-23(2,3)29-22(16)18;23-20(13-24-19-10-4-8-17-16(19)11-12-21-17)22-18-9-3-6-14-5-1-2-7-15(14)18;22-17(10-9-14-5-2-8-16-19(14)24-12-23-16)21-15-7-1-4-13-6-3-11-20-18(13)15;20-13(19-15-17-8-3-9-18-15)10-21-12-6-1-4-11-5-2-7-16-14(11)12/h5-12H,4,13-14H2,1-3H3,(H,24,26);1-12,21H,13H2,(H,22,23);1-8,11H,9-10,12H2,(H,21,22);1,3-4,6,8-9,16H,2,5,7,10H2,(H,17,18,19,20). The molecule has 21 heteroatoms. The lowest BCUT2D eigenvalue weighted by Gasteiger charge is -2.20. The van der Waals surface area contributed by atoms with Gasteiger partial charge in [-0.25, -0.2) is 15.0 Å². The van der Waals surface area contributed by atoms with E-state index in [1.54, 1.807) is 24.7 Å². The van der Waals surface area contributed by atoms with Gasteiger partial charge in [0.15, 0.2) is 42.8 Å². The number of carbonyl (C=O) groups is 4. The predicted molar refractivity (Wildman–Crippen MR) is 379 cm³/mol. The van der Waals surface area contributed by atoms with Crippen molar-refractivity contribution in [1.29, 1.82) is 0 Å².